The molecule has 0 spiro atoms. The standard InChI is InChI=1S/C61H102O6/c1-4-7-10-13-16-19-22-25-28-30-33-36-39-42-45-48-51-54-60(63)66-57-58(56-65-59(62)53-50-47-44-41-38-35-32-27-24-21-18-15-12-9-6-3)67-61(64)55-52-49-46-43-40-37-34-31-29-26-23-20-17-14-11-8-5-2/h7,10,16,18-19,21,25-29,32-33,36,42,45,58H,4-6,8-9,11-15,17,20,22-24,30-31,34-35,37-41,43-44,46-57H2,1-3H3/b10-7-,19-16-,21-18-,28-25-,29-26-,32-27-,36-33-,45-42-. The van der Waals surface area contributed by atoms with Crippen LogP contribution in [-0.2, 0) is 28.6 Å². The average Bonchev–Trinajstić information content (AvgIpc) is 3.33. The molecule has 0 N–H and O–H groups in total. The van der Waals surface area contributed by atoms with Gasteiger partial charge in [-0.15, -0.1) is 0 Å². The Balaban J connectivity index is 4.51. The van der Waals surface area contributed by atoms with Crippen molar-refractivity contribution >= 4 is 17.9 Å². The first-order chi connectivity index (χ1) is 33.0. The maximum absolute atomic E-state index is 12.8. The van der Waals surface area contributed by atoms with Gasteiger partial charge in [0.05, 0.1) is 0 Å². The Kier molecular flexibility index (Phi) is 51.9. The van der Waals surface area contributed by atoms with Crippen molar-refractivity contribution in [3.05, 3.63) is 97.2 Å². The second-order valence-electron chi connectivity index (χ2n) is 18.1. The fourth-order valence-electron chi connectivity index (χ4n) is 7.38. The smallest absolute Gasteiger partial charge is 0.306 e. The summed E-state index contributed by atoms with van der Waals surface area (Å²) in [5.41, 5.74) is 0. The third-order valence-electron chi connectivity index (χ3n) is 11.5. The second-order valence-corrected chi connectivity index (χ2v) is 18.1. The minimum atomic E-state index is -0.809. The predicted molar refractivity (Wildman–Crippen MR) is 288 cm³/mol. The number of carbonyl (C=O) groups excluding carboxylic acids is 3. The van der Waals surface area contributed by atoms with Crippen LogP contribution in [0.25, 0.3) is 0 Å². The van der Waals surface area contributed by atoms with E-state index in [2.05, 4.69) is 118 Å². The van der Waals surface area contributed by atoms with Gasteiger partial charge in [0.25, 0.3) is 0 Å². The quantitative estimate of drug-likeness (QED) is 0.0262. The van der Waals surface area contributed by atoms with Crippen molar-refractivity contribution in [3.8, 4) is 0 Å². The van der Waals surface area contributed by atoms with E-state index < -0.39 is 6.10 Å². The molecule has 6 heteroatoms. The highest BCUT2D eigenvalue weighted by molar-refractivity contribution is 5.71. The topological polar surface area (TPSA) is 78.9 Å². The maximum atomic E-state index is 12.8. The zero-order valence-electron chi connectivity index (χ0n) is 43.6. The van der Waals surface area contributed by atoms with Gasteiger partial charge in [0.1, 0.15) is 13.2 Å². The molecule has 0 aliphatic heterocycles. The summed E-state index contributed by atoms with van der Waals surface area (Å²) in [7, 11) is 0. The van der Waals surface area contributed by atoms with E-state index in [1.54, 1.807) is 0 Å². The second kappa shape index (κ2) is 54.9. The molecule has 0 amide bonds. The minimum Gasteiger partial charge on any atom is -0.462 e. The third-order valence-corrected chi connectivity index (χ3v) is 11.5. The fraction of sp³-hybridized carbons (Fsp3) is 0.689. The number of allylic oxidation sites excluding steroid dienone is 16. The van der Waals surface area contributed by atoms with E-state index in [4.69, 9.17) is 14.2 Å². The van der Waals surface area contributed by atoms with Crippen molar-refractivity contribution in [3.63, 3.8) is 0 Å². The highest BCUT2D eigenvalue weighted by Crippen LogP contribution is 2.14. The Morgan fingerprint density at radius 3 is 1.01 bits per heavy atom. The molecule has 1 atom stereocenters. The summed E-state index contributed by atoms with van der Waals surface area (Å²) in [6.07, 6.45) is 72.5. The molecule has 0 aromatic rings. The molecule has 0 aromatic heterocycles. The Labute approximate surface area is 413 Å². The first-order valence-corrected chi connectivity index (χ1v) is 27.7. The molecule has 0 aromatic carbocycles. The Morgan fingerprint density at radius 2 is 0.597 bits per heavy atom. The SMILES string of the molecule is CC/C=C\C/C=C\C/C=C\C/C=C\C/C=C\CCCC(=O)OCC(COC(=O)CCCCCCC/C=C\C/C=C\CCCCC)OC(=O)CCCCCCCCC/C=C\CCCCCCCC. The lowest BCUT2D eigenvalue weighted by Crippen LogP contribution is -2.30. The average molecular weight is 931 g/mol. The molecule has 0 rings (SSSR count). The van der Waals surface area contributed by atoms with Crippen LogP contribution in [0, 0.1) is 0 Å². The van der Waals surface area contributed by atoms with Crippen LogP contribution in [0.1, 0.15) is 252 Å². The van der Waals surface area contributed by atoms with E-state index >= 15 is 0 Å². The zero-order valence-corrected chi connectivity index (χ0v) is 43.6. The minimum absolute atomic E-state index is 0.105. The van der Waals surface area contributed by atoms with Crippen LogP contribution >= 0.6 is 0 Å². The molecular formula is C61H102O6. The van der Waals surface area contributed by atoms with Crippen LogP contribution in [0.4, 0.5) is 0 Å². The molecule has 0 bridgehead atoms. The van der Waals surface area contributed by atoms with E-state index in [1.807, 2.05) is 0 Å². The summed E-state index contributed by atoms with van der Waals surface area (Å²) in [5.74, 6) is -0.981. The Hall–Kier alpha value is -3.67. The first-order valence-electron chi connectivity index (χ1n) is 27.7. The van der Waals surface area contributed by atoms with Gasteiger partial charge in [-0.05, 0) is 116 Å². The van der Waals surface area contributed by atoms with Gasteiger partial charge in [0.15, 0.2) is 6.10 Å². The summed E-state index contributed by atoms with van der Waals surface area (Å²) in [6, 6.07) is 0. The van der Waals surface area contributed by atoms with Crippen LogP contribution < -0.4 is 0 Å². The van der Waals surface area contributed by atoms with Crippen molar-refractivity contribution in [2.75, 3.05) is 13.2 Å². The lowest BCUT2D eigenvalue weighted by atomic mass is 10.1. The largest absolute Gasteiger partial charge is 0.462 e. The third kappa shape index (κ3) is 53.2. The van der Waals surface area contributed by atoms with E-state index in [9.17, 15) is 14.4 Å². The van der Waals surface area contributed by atoms with Crippen molar-refractivity contribution in [1.29, 1.82) is 0 Å². The number of carbonyl (C=O) groups is 3. The van der Waals surface area contributed by atoms with Crippen molar-refractivity contribution in [2.24, 2.45) is 0 Å². The van der Waals surface area contributed by atoms with Gasteiger partial charge in [0, 0.05) is 19.3 Å². The van der Waals surface area contributed by atoms with Gasteiger partial charge in [-0.1, -0.05) is 214 Å². The number of unbranched alkanes of at least 4 members (excludes halogenated alkanes) is 22. The molecule has 0 saturated heterocycles. The summed E-state index contributed by atoms with van der Waals surface area (Å²) < 4.78 is 16.8. The molecule has 0 fully saturated rings. The number of hydrogen-bond acceptors (Lipinski definition) is 6. The monoisotopic (exact) mass is 931 g/mol. The van der Waals surface area contributed by atoms with Gasteiger partial charge in [0.2, 0.25) is 0 Å². The van der Waals surface area contributed by atoms with E-state index in [1.165, 1.54) is 103 Å². The Bertz CT molecular complexity index is 1350. The molecule has 0 saturated carbocycles. The van der Waals surface area contributed by atoms with Crippen molar-refractivity contribution in [1.82, 2.24) is 0 Å². The molecular weight excluding hydrogens is 829 g/mol. The van der Waals surface area contributed by atoms with Crippen LogP contribution in [0.2, 0.25) is 0 Å². The molecule has 382 valence electrons. The van der Waals surface area contributed by atoms with Crippen LogP contribution in [0.5, 0.6) is 0 Å². The van der Waals surface area contributed by atoms with Gasteiger partial charge in [-0.3, -0.25) is 14.4 Å². The molecule has 0 aliphatic carbocycles. The lowest BCUT2D eigenvalue weighted by molar-refractivity contribution is -0.167. The molecule has 67 heavy (non-hydrogen) atoms. The molecule has 0 aliphatic rings. The van der Waals surface area contributed by atoms with Gasteiger partial charge in [-0.25, -0.2) is 0 Å². The van der Waals surface area contributed by atoms with Crippen LogP contribution in [-0.4, -0.2) is 37.2 Å². The van der Waals surface area contributed by atoms with E-state index in [0.717, 1.165) is 103 Å². The van der Waals surface area contributed by atoms with Gasteiger partial charge in [-0.2, -0.15) is 0 Å². The molecule has 1 unspecified atom stereocenters. The maximum Gasteiger partial charge on any atom is 0.306 e. The first kappa shape index (κ1) is 63.3. The van der Waals surface area contributed by atoms with Crippen LogP contribution in [0.15, 0.2) is 97.2 Å². The molecule has 6 nitrogen and oxygen atoms in total. The van der Waals surface area contributed by atoms with Gasteiger partial charge < -0.3 is 14.2 Å². The highest BCUT2D eigenvalue weighted by atomic mass is 16.6. The molecule has 0 heterocycles. The Morgan fingerprint density at radius 1 is 0.313 bits per heavy atom. The number of hydrogen-bond donors (Lipinski definition) is 0. The van der Waals surface area contributed by atoms with Gasteiger partial charge >= 0.3 is 17.9 Å². The van der Waals surface area contributed by atoms with E-state index in [0.29, 0.717) is 19.3 Å². The number of ether oxygens (including phenoxy) is 3. The normalized spacial score (nSPS) is 12.8. The number of esters is 3. The van der Waals surface area contributed by atoms with Crippen molar-refractivity contribution in [2.45, 2.75) is 258 Å². The van der Waals surface area contributed by atoms with Crippen molar-refractivity contribution < 1.29 is 28.6 Å². The highest BCUT2D eigenvalue weighted by Gasteiger charge is 2.19. The number of rotatable bonds is 49. The van der Waals surface area contributed by atoms with E-state index in [-0.39, 0.29) is 37.5 Å². The summed E-state index contributed by atoms with van der Waals surface area (Å²) in [4.78, 5) is 38.1. The summed E-state index contributed by atoms with van der Waals surface area (Å²) in [5, 5.41) is 0. The lowest BCUT2D eigenvalue weighted by Gasteiger charge is -2.18. The molecule has 0 radical (unpaired) electrons. The summed E-state index contributed by atoms with van der Waals surface area (Å²) in [6.45, 7) is 6.43. The summed E-state index contributed by atoms with van der Waals surface area (Å²) >= 11 is 0. The van der Waals surface area contributed by atoms with Crippen LogP contribution in [0.3, 0.4) is 0 Å². The fourth-order valence-corrected chi connectivity index (χ4v) is 7.38. The predicted octanol–water partition coefficient (Wildman–Crippen LogP) is 18.5. The zero-order chi connectivity index (χ0) is 48.6.